The van der Waals surface area contributed by atoms with Crippen LogP contribution in [0.4, 0.5) is 5.69 Å². The summed E-state index contributed by atoms with van der Waals surface area (Å²) >= 11 is 0. The molecule has 0 spiro atoms. The molecule has 1 amide bonds. The molecule has 0 fully saturated rings. The van der Waals surface area contributed by atoms with Gasteiger partial charge < -0.3 is 10.4 Å². The summed E-state index contributed by atoms with van der Waals surface area (Å²) in [6, 6.07) is 0. The average molecular weight is 277 g/mol. The molecule has 0 bridgehead atoms. The average Bonchev–Trinajstić information content (AvgIpc) is 2.98. The van der Waals surface area contributed by atoms with Crippen LogP contribution in [0.25, 0.3) is 0 Å². The van der Waals surface area contributed by atoms with Gasteiger partial charge in [-0.25, -0.2) is 4.79 Å². The van der Waals surface area contributed by atoms with Crippen LogP contribution in [0.5, 0.6) is 0 Å². The monoisotopic (exact) mass is 277 g/mol. The highest BCUT2D eigenvalue weighted by Gasteiger charge is 2.30. The van der Waals surface area contributed by atoms with Gasteiger partial charge >= 0.3 is 5.97 Å². The second kappa shape index (κ2) is 4.80. The van der Waals surface area contributed by atoms with E-state index < -0.39 is 11.5 Å². The highest BCUT2D eigenvalue weighted by atomic mass is 16.4. The van der Waals surface area contributed by atoms with Crippen LogP contribution in [0, 0.1) is 0 Å². The number of aromatic nitrogens is 4. The summed E-state index contributed by atoms with van der Waals surface area (Å²) in [5, 5.41) is 19.6. The Morgan fingerprint density at radius 3 is 2.50 bits per heavy atom. The van der Waals surface area contributed by atoms with E-state index in [0.29, 0.717) is 11.3 Å². The van der Waals surface area contributed by atoms with Gasteiger partial charge in [-0.05, 0) is 13.8 Å². The first-order valence-electron chi connectivity index (χ1n) is 5.89. The first-order chi connectivity index (χ1) is 9.30. The Balaban J connectivity index is 2.14. The zero-order chi connectivity index (χ0) is 14.9. The predicted molar refractivity (Wildman–Crippen MR) is 70.3 cm³/mol. The molecule has 2 aromatic rings. The SMILES string of the molecule is Cn1cc(C(=O)Nc2cnn(C(C)(C)C(=O)O)c2)cn1. The molecule has 2 N–H and O–H groups in total. The maximum absolute atomic E-state index is 11.9. The second-order valence-electron chi connectivity index (χ2n) is 4.89. The number of carbonyl (C=O) groups is 2. The van der Waals surface area contributed by atoms with Gasteiger partial charge in [0.05, 0.1) is 23.6 Å². The maximum Gasteiger partial charge on any atom is 0.331 e. The molecule has 0 aliphatic heterocycles. The molecule has 8 nitrogen and oxygen atoms in total. The number of aliphatic carboxylic acids is 1. The van der Waals surface area contributed by atoms with Crippen LogP contribution in [-0.2, 0) is 17.4 Å². The van der Waals surface area contributed by atoms with E-state index in [-0.39, 0.29) is 5.91 Å². The molecule has 2 aromatic heterocycles. The molecule has 2 heterocycles. The Hall–Kier alpha value is -2.64. The van der Waals surface area contributed by atoms with Crippen LogP contribution in [0.1, 0.15) is 24.2 Å². The number of rotatable bonds is 4. The number of carboxylic acids is 1. The molecule has 0 radical (unpaired) electrons. The molecular formula is C12H15N5O3. The van der Waals surface area contributed by atoms with E-state index >= 15 is 0 Å². The van der Waals surface area contributed by atoms with E-state index in [4.69, 9.17) is 5.11 Å². The molecule has 0 saturated carbocycles. The topological polar surface area (TPSA) is 102 Å². The van der Waals surface area contributed by atoms with Crippen LogP contribution in [0.3, 0.4) is 0 Å². The van der Waals surface area contributed by atoms with Crippen molar-refractivity contribution in [3.05, 3.63) is 30.4 Å². The quantitative estimate of drug-likeness (QED) is 0.856. The Kier molecular flexibility index (Phi) is 3.31. The van der Waals surface area contributed by atoms with Gasteiger partial charge in [-0.2, -0.15) is 10.2 Å². The van der Waals surface area contributed by atoms with Crippen molar-refractivity contribution in [3.8, 4) is 0 Å². The fraction of sp³-hybridized carbons (Fsp3) is 0.333. The molecule has 2 rings (SSSR count). The zero-order valence-electron chi connectivity index (χ0n) is 11.4. The van der Waals surface area contributed by atoms with Gasteiger partial charge in [-0.3, -0.25) is 14.2 Å². The molecule has 0 unspecified atom stereocenters. The summed E-state index contributed by atoms with van der Waals surface area (Å²) in [6.45, 7) is 3.05. The van der Waals surface area contributed by atoms with E-state index in [1.165, 1.54) is 41.8 Å². The Morgan fingerprint density at radius 1 is 1.25 bits per heavy atom. The van der Waals surface area contributed by atoms with E-state index in [1.807, 2.05) is 0 Å². The summed E-state index contributed by atoms with van der Waals surface area (Å²) < 4.78 is 2.81. The lowest BCUT2D eigenvalue weighted by atomic mass is 10.1. The first kappa shape index (κ1) is 13.8. The normalized spacial score (nSPS) is 11.3. The number of carboxylic acid groups (broad SMARTS) is 1. The van der Waals surface area contributed by atoms with Crippen LogP contribution in [-0.4, -0.2) is 36.5 Å². The van der Waals surface area contributed by atoms with Crippen molar-refractivity contribution in [2.24, 2.45) is 7.05 Å². The van der Waals surface area contributed by atoms with Gasteiger partial charge in [-0.1, -0.05) is 0 Å². The molecule has 0 saturated heterocycles. The summed E-state index contributed by atoms with van der Waals surface area (Å²) in [7, 11) is 1.71. The third-order valence-corrected chi connectivity index (χ3v) is 2.90. The van der Waals surface area contributed by atoms with Gasteiger partial charge in [0.25, 0.3) is 5.91 Å². The van der Waals surface area contributed by atoms with Gasteiger partial charge in [0.2, 0.25) is 0 Å². The number of nitrogens with zero attached hydrogens (tertiary/aromatic N) is 4. The smallest absolute Gasteiger partial charge is 0.331 e. The Bertz CT molecular complexity index is 656. The van der Waals surface area contributed by atoms with Crippen molar-refractivity contribution in [2.75, 3.05) is 5.32 Å². The van der Waals surface area contributed by atoms with Crippen molar-refractivity contribution in [1.82, 2.24) is 19.6 Å². The van der Waals surface area contributed by atoms with E-state index in [0.717, 1.165) is 0 Å². The summed E-state index contributed by atoms with van der Waals surface area (Å²) in [5.74, 6) is -1.34. The lowest BCUT2D eigenvalue weighted by Gasteiger charge is -2.19. The largest absolute Gasteiger partial charge is 0.479 e. The fourth-order valence-corrected chi connectivity index (χ4v) is 1.53. The van der Waals surface area contributed by atoms with Crippen LogP contribution >= 0.6 is 0 Å². The van der Waals surface area contributed by atoms with Crippen molar-refractivity contribution in [2.45, 2.75) is 19.4 Å². The lowest BCUT2D eigenvalue weighted by Crippen LogP contribution is -2.35. The highest BCUT2D eigenvalue weighted by molar-refractivity contribution is 6.03. The van der Waals surface area contributed by atoms with Crippen LogP contribution < -0.4 is 5.32 Å². The van der Waals surface area contributed by atoms with E-state index in [9.17, 15) is 9.59 Å². The summed E-state index contributed by atoms with van der Waals surface area (Å²) in [5.41, 5.74) is -0.344. The number of aryl methyl sites for hydroxylation is 1. The Morgan fingerprint density at radius 2 is 1.95 bits per heavy atom. The zero-order valence-corrected chi connectivity index (χ0v) is 11.4. The second-order valence-corrected chi connectivity index (χ2v) is 4.89. The van der Waals surface area contributed by atoms with Crippen molar-refractivity contribution in [3.63, 3.8) is 0 Å². The Labute approximate surface area is 115 Å². The first-order valence-corrected chi connectivity index (χ1v) is 5.89. The fourth-order valence-electron chi connectivity index (χ4n) is 1.53. The molecule has 0 aromatic carbocycles. The summed E-state index contributed by atoms with van der Waals surface area (Å²) in [4.78, 5) is 23.0. The van der Waals surface area contributed by atoms with Crippen molar-refractivity contribution in [1.29, 1.82) is 0 Å². The lowest BCUT2D eigenvalue weighted by molar-refractivity contribution is -0.146. The standard InChI is InChI=1S/C12H15N5O3/c1-12(2,11(19)20)17-7-9(5-14-17)15-10(18)8-4-13-16(3)6-8/h4-7H,1-3H3,(H,15,18)(H,19,20). The number of hydrogen-bond acceptors (Lipinski definition) is 4. The number of anilines is 1. The van der Waals surface area contributed by atoms with Crippen molar-refractivity contribution < 1.29 is 14.7 Å². The minimum Gasteiger partial charge on any atom is -0.479 e. The minimum atomic E-state index is -1.18. The predicted octanol–water partition coefficient (Wildman–Crippen LogP) is 0.689. The van der Waals surface area contributed by atoms with Gasteiger partial charge in [-0.15, -0.1) is 0 Å². The number of amides is 1. The number of nitrogens with one attached hydrogen (secondary N) is 1. The van der Waals surface area contributed by atoms with E-state index in [2.05, 4.69) is 15.5 Å². The van der Waals surface area contributed by atoms with Crippen LogP contribution in [0.15, 0.2) is 24.8 Å². The number of hydrogen-bond donors (Lipinski definition) is 2. The minimum absolute atomic E-state index is 0.328. The van der Waals surface area contributed by atoms with Gasteiger partial charge in [0, 0.05) is 19.4 Å². The molecule has 106 valence electrons. The third-order valence-electron chi connectivity index (χ3n) is 2.90. The van der Waals surface area contributed by atoms with Crippen molar-refractivity contribution >= 4 is 17.6 Å². The highest BCUT2D eigenvalue weighted by Crippen LogP contribution is 2.17. The molecule has 20 heavy (non-hydrogen) atoms. The molecular weight excluding hydrogens is 262 g/mol. The molecule has 0 aliphatic rings. The van der Waals surface area contributed by atoms with Crippen LogP contribution in [0.2, 0.25) is 0 Å². The summed E-state index contributed by atoms with van der Waals surface area (Å²) in [6.07, 6.45) is 5.91. The maximum atomic E-state index is 11.9. The van der Waals surface area contributed by atoms with Gasteiger partial charge in [0.1, 0.15) is 0 Å². The molecule has 0 aliphatic carbocycles. The molecule has 8 heteroatoms. The van der Waals surface area contributed by atoms with E-state index in [1.54, 1.807) is 13.2 Å². The van der Waals surface area contributed by atoms with Gasteiger partial charge in [0.15, 0.2) is 5.54 Å². The third kappa shape index (κ3) is 2.53. The molecule has 0 atom stereocenters. The number of carbonyl (C=O) groups excluding carboxylic acids is 1.